The first-order chi connectivity index (χ1) is 9.60. The van der Waals surface area contributed by atoms with Crippen LogP contribution in [0.15, 0.2) is 24.4 Å². The van der Waals surface area contributed by atoms with Crippen LogP contribution in [-0.2, 0) is 13.5 Å². The van der Waals surface area contributed by atoms with Gasteiger partial charge in [0.25, 0.3) is 0 Å². The fraction of sp³-hybridized carbons (Fsp3) is 0.231. The van der Waals surface area contributed by atoms with Gasteiger partial charge in [0.1, 0.15) is 5.82 Å². The van der Waals surface area contributed by atoms with E-state index in [0.29, 0.717) is 22.3 Å². The number of aryl methyl sites for hydroxylation is 2. The van der Waals surface area contributed by atoms with Crippen molar-refractivity contribution in [2.24, 2.45) is 7.05 Å². The first kappa shape index (κ1) is 13.7. The molecule has 0 amide bonds. The number of alkyl halides is 1. The van der Waals surface area contributed by atoms with Crippen molar-refractivity contribution in [1.82, 2.24) is 19.3 Å². The smallest absolute Gasteiger partial charge is 0.160 e. The number of rotatable bonds is 3. The minimum atomic E-state index is 0.484. The lowest BCUT2D eigenvalue weighted by molar-refractivity contribution is 0.746. The van der Waals surface area contributed by atoms with Crippen LogP contribution in [0.1, 0.15) is 5.82 Å². The van der Waals surface area contributed by atoms with Crippen LogP contribution in [0.2, 0.25) is 10.0 Å². The molecule has 3 rings (SSSR count). The Hall–Kier alpha value is -1.23. The molecule has 0 fully saturated rings. The monoisotopic (exact) mass is 328 g/mol. The Labute approximate surface area is 130 Å². The van der Waals surface area contributed by atoms with Gasteiger partial charge in [0, 0.05) is 31.6 Å². The molecule has 0 saturated carbocycles. The third-order valence-electron chi connectivity index (χ3n) is 3.01. The molecule has 0 atom stereocenters. The highest BCUT2D eigenvalue weighted by Gasteiger charge is 2.15. The summed E-state index contributed by atoms with van der Waals surface area (Å²) >= 11 is 18.0. The van der Waals surface area contributed by atoms with Gasteiger partial charge in [0.05, 0.1) is 21.1 Å². The van der Waals surface area contributed by atoms with Crippen molar-refractivity contribution in [3.8, 4) is 5.82 Å². The Kier molecular flexibility index (Phi) is 3.63. The van der Waals surface area contributed by atoms with Gasteiger partial charge in [-0.1, -0.05) is 23.2 Å². The third-order valence-corrected chi connectivity index (χ3v) is 3.92. The largest absolute Gasteiger partial charge is 0.279 e. The summed E-state index contributed by atoms with van der Waals surface area (Å²) in [7, 11) is 1.87. The molecule has 104 valence electrons. The molecular weight excluding hydrogens is 319 g/mol. The molecule has 0 aliphatic carbocycles. The predicted octanol–water partition coefficient (Wildman–Crippen LogP) is 3.85. The van der Waals surface area contributed by atoms with Crippen LogP contribution in [0.5, 0.6) is 0 Å². The summed E-state index contributed by atoms with van der Waals surface area (Å²) in [4.78, 5) is 4.58. The molecule has 1 aromatic carbocycles. The van der Waals surface area contributed by atoms with Crippen molar-refractivity contribution in [2.75, 3.05) is 5.88 Å². The molecule has 20 heavy (non-hydrogen) atoms. The van der Waals surface area contributed by atoms with Crippen LogP contribution in [0, 0.1) is 0 Å². The van der Waals surface area contributed by atoms with Crippen LogP contribution in [0.4, 0.5) is 0 Å². The summed E-state index contributed by atoms with van der Waals surface area (Å²) in [6, 6.07) is 5.48. The Morgan fingerprint density at radius 1 is 1.20 bits per heavy atom. The van der Waals surface area contributed by atoms with E-state index in [0.717, 1.165) is 22.7 Å². The van der Waals surface area contributed by atoms with E-state index in [2.05, 4.69) is 10.1 Å². The van der Waals surface area contributed by atoms with Crippen LogP contribution >= 0.6 is 34.8 Å². The second-order valence-corrected chi connectivity index (χ2v) is 5.60. The summed E-state index contributed by atoms with van der Waals surface area (Å²) in [5.74, 6) is 2.11. The number of hydrogen-bond acceptors (Lipinski definition) is 2. The van der Waals surface area contributed by atoms with Gasteiger partial charge < -0.3 is 0 Å². The van der Waals surface area contributed by atoms with Gasteiger partial charge in [-0.15, -0.1) is 11.6 Å². The zero-order valence-corrected chi connectivity index (χ0v) is 12.9. The van der Waals surface area contributed by atoms with E-state index in [4.69, 9.17) is 34.8 Å². The van der Waals surface area contributed by atoms with Gasteiger partial charge in [-0.05, 0) is 12.1 Å². The van der Waals surface area contributed by atoms with E-state index in [1.807, 2.05) is 23.9 Å². The lowest BCUT2D eigenvalue weighted by atomic mass is 10.3. The summed E-state index contributed by atoms with van der Waals surface area (Å²) in [5, 5.41) is 5.40. The summed E-state index contributed by atoms with van der Waals surface area (Å²) in [6.07, 6.45) is 2.52. The molecule has 0 spiro atoms. The quantitative estimate of drug-likeness (QED) is 0.684. The molecule has 0 N–H and O–H groups in total. The summed E-state index contributed by atoms with van der Waals surface area (Å²) in [6.45, 7) is 0. The third kappa shape index (κ3) is 2.28. The van der Waals surface area contributed by atoms with Crippen LogP contribution < -0.4 is 0 Å². The van der Waals surface area contributed by atoms with Gasteiger partial charge in [0.2, 0.25) is 0 Å². The van der Waals surface area contributed by atoms with Crippen LogP contribution in [0.25, 0.3) is 16.9 Å². The number of hydrogen-bond donors (Lipinski definition) is 0. The minimum absolute atomic E-state index is 0.484. The van der Waals surface area contributed by atoms with E-state index in [9.17, 15) is 0 Å². The molecule has 7 heteroatoms. The van der Waals surface area contributed by atoms with Gasteiger partial charge in [-0.25, -0.2) is 4.98 Å². The van der Waals surface area contributed by atoms with E-state index in [-0.39, 0.29) is 0 Å². The van der Waals surface area contributed by atoms with Gasteiger partial charge in [-0.3, -0.25) is 9.25 Å². The van der Waals surface area contributed by atoms with Crippen molar-refractivity contribution in [3.63, 3.8) is 0 Å². The highest BCUT2D eigenvalue weighted by Crippen LogP contribution is 2.30. The number of aromatic nitrogens is 4. The van der Waals surface area contributed by atoms with Gasteiger partial charge in [0.15, 0.2) is 5.82 Å². The van der Waals surface area contributed by atoms with Crippen LogP contribution in [-0.4, -0.2) is 25.2 Å². The molecule has 0 aliphatic heterocycles. The molecule has 0 aliphatic rings. The number of benzene rings is 1. The average Bonchev–Trinajstić information content (AvgIpc) is 2.94. The zero-order valence-electron chi connectivity index (χ0n) is 10.6. The zero-order chi connectivity index (χ0) is 14.3. The lowest BCUT2D eigenvalue weighted by Crippen LogP contribution is -2.03. The Morgan fingerprint density at radius 3 is 2.60 bits per heavy atom. The van der Waals surface area contributed by atoms with E-state index in [1.165, 1.54) is 0 Å². The van der Waals surface area contributed by atoms with Crippen molar-refractivity contribution in [3.05, 3.63) is 40.3 Å². The molecule has 0 unspecified atom stereocenters. The Bertz CT molecular complexity index is 775. The maximum absolute atomic E-state index is 6.11. The summed E-state index contributed by atoms with van der Waals surface area (Å²) < 4.78 is 3.70. The van der Waals surface area contributed by atoms with E-state index >= 15 is 0 Å². The number of halogens is 3. The van der Waals surface area contributed by atoms with Gasteiger partial charge >= 0.3 is 0 Å². The molecule has 0 saturated heterocycles. The molecule has 0 radical (unpaired) electrons. The first-order valence-electron chi connectivity index (χ1n) is 6.02. The molecular formula is C13H11Cl3N4. The van der Waals surface area contributed by atoms with Crippen molar-refractivity contribution in [1.29, 1.82) is 0 Å². The predicted molar refractivity (Wildman–Crippen MR) is 82.3 cm³/mol. The normalized spacial score (nSPS) is 11.4. The number of imidazole rings is 1. The molecule has 4 nitrogen and oxygen atoms in total. The number of fused-ring (bicyclic) bond motifs is 1. The first-order valence-corrected chi connectivity index (χ1v) is 7.31. The molecule has 2 aromatic heterocycles. The minimum Gasteiger partial charge on any atom is -0.279 e. The number of nitrogens with zero attached hydrogens (tertiary/aromatic N) is 4. The standard InChI is InChI=1S/C13H11Cl3N4/c1-19-5-3-13(18-19)20-11-7-9(16)8(15)6-10(11)17-12(20)2-4-14/h3,5-7H,2,4H2,1H3. The lowest BCUT2D eigenvalue weighted by Gasteiger charge is -2.05. The van der Waals surface area contributed by atoms with Crippen LogP contribution in [0.3, 0.4) is 0 Å². The van der Waals surface area contributed by atoms with Gasteiger partial charge in [-0.2, -0.15) is 5.10 Å². The molecule has 2 heterocycles. The summed E-state index contributed by atoms with van der Waals surface area (Å²) in [5.41, 5.74) is 1.66. The maximum atomic E-state index is 6.11. The fourth-order valence-electron chi connectivity index (χ4n) is 2.15. The molecule has 3 aromatic rings. The Balaban J connectivity index is 2.31. The maximum Gasteiger partial charge on any atom is 0.160 e. The fourth-order valence-corrected chi connectivity index (χ4v) is 2.64. The van der Waals surface area contributed by atoms with Crippen molar-refractivity contribution >= 4 is 45.8 Å². The highest BCUT2D eigenvalue weighted by molar-refractivity contribution is 6.42. The molecule has 0 bridgehead atoms. The Morgan fingerprint density at radius 2 is 1.95 bits per heavy atom. The van der Waals surface area contributed by atoms with E-state index < -0.39 is 0 Å². The second kappa shape index (κ2) is 5.28. The van der Waals surface area contributed by atoms with Crippen molar-refractivity contribution in [2.45, 2.75) is 6.42 Å². The second-order valence-electron chi connectivity index (χ2n) is 4.41. The SMILES string of the molecule is Cn1ccc(-n2c(CCCl)nc3cc(Cl)c(Cl)cc32)n1. The average molecular weight is 330 g/mol. The van der Waals surface area contributed by atoms with Crippen molar-refractivity contribution < 1.29 is 0 Å². The highest BCUT2D eigenvalue weighted by atomic mass is 35.5. The van der Waals surface area contributed by atoms with E-state index in [1.54, 1.807) is 16.8 Å². The topological polar surface area (TPSA) is 35.6 Å².